The molecule has 2 aromatic rings. The minimum absolute atomic E-state index is 0.277. The fourth-order valence-corrected chi connectivity index (χ4v) is 2.78. The Kier molecular flexibility index (Phi) is 2.10. The van der Waals surface area contributed by atoms with E-state index in [9.17, 15) is 9.59 Å². The second-order valence-electron chi connectivity index (χ2n) is 5.13. The van der Waals surface area contributed by atoms with Gasteiger partial charge in [-0.3, -0.25) is 10.1 Å². The SMILES string of the molecule is O=C1NC(=O)C2(CCN(c3nc4ccccc4o3)C2)N1. The molecule has 1 aromatic heterocycles. The number of imide groups is 1. The van der Waals surface area contributed by atoms with Gasteiger partial charge in [-0.05, 0) is 18.6 Å². The van der Waals surface area contributed by atoms with E-state index in [-0.39, 0.29) is 5.91 Å². The van der Waals surface area contributed by atoms with Crippen LogP contribution >= 0.6 is 0 Å². The number of aromatic nitrogens is 1. The molecule has 7 heteroatoms. The van der Waals surface area contributed by atoms with Crippen molar-refractivity contribution < 1.29 is 14.0 Å². The summed E-state index contributed by atoms with van der Waals surface area (Å²) in [7, 11) is 0. The lowest BCUT2D eigenvalue weighted by Crippen LogP contribution is -2.49. The molecule has 0 saturated carbocycles. The number of oxazole rings is 1. The number of anilines is 1. The van der Waals surface area contributed by atoms with Gasteiger partial charge in [0.1, 0.15) is 11.1 Å². The number of rotatable bonds is 1. The minimum Gasteiger partial charge on any atom is -0.423 e. The predicted octanol–water partition coefficient (Wildman–Crippen LogP) is 0.616. The van der Waals surface area contributed by atoms with Gasteiger partial charge in [0, 0.05) is 6.54 Å². The zero-order valence-corrected chi connectivity index (χ0v) is 10.5. The van der Waals surface area contributed by atoms with Crippen molar-refractivity contribution in [1.29, 1.82) is 0 Å². The van der Waals surface area contributed by atoms with E-state index in [2.05, 4.69) is 15.6 Å². The molecule has 2 aliphatic heterocycles. The Labute approximate surface area is 113 Å². The largest absolute Gasteiger partial charge is 0.423 e. The molecule has 2 N–H and O–H groups in total. The number of benzene rings is 1. The van der Waals surface area contributed by atoms with E-state index in [0.717, 1.165) is 5.52 Å². The molecule has 1 atom stereocenters. The van der Waals surface area contributed by atoms with Gasteiger partial charge in [0.15, 0.2) is 5.58 Å². The zero-order chi connectivity index (χ0) is 13.7. The normalized spacial score (nSPS) is 25.5. The van der Waals surface area contributed by atoms with Gasteiger partial charge < -0.3 is 14.6 Å². The fraction of sp³-hybridized carbons (Fsp3) is 0.308. The van der Waals surface area contributed by atoms with Crippen molar-refractivity contribution in [3.05, 3.63) is 24.3 Å². The number of nitrogens with one attached hydrogen (secondary N) is 2. The van der Waals surface area contributed by atoms with Crippen LogP contribution in [0.4, 0.5) is 10.8 Å². The van der Waals surface area contributed by atoms with Crippen molar-refractivity contribution >= 4 is 29.1 Å². The van der Waals surface area contributed by atoms with E-state index in [1.165, 1.54) is 0 Å². The minimum atomic E-state index is -0.849. The van der Waals surface area contributed by atoms with E-state index in [1.54, 1.807) is 0 Å². The van der Waals surface area contributed by atoms with Crippen LogP contribution in [0, 0.1) is 0 Å². The van der Waals surface area contributed by atoms with Gasteiger partial charge >= 0.3 is 6.03 Å². The van der Waals surface area contributed by atoms with Crippen molar-refractivity contribution in [2.75, 3.05) is 18.0 Å². The molecule has 3 amide bonds. The first kappa shape index (κ1) is 11.3. The summed E-state index contributed by atoms with van der Waals surface area (Å²) in [5.41, 5.74) is 0.643. The average Bonchev–Trinajstić information content (AvgIpc) is 3.08. The third-order valence-electron chi connectivity index (χ3n) is 3.84. The lowest BCUT2D eigenvalue weighted by atomic mass is 10.00. The third kappa shape index (κ3) is 1.49. The Balaban J connectivity index is 1.65. The van der Waals surface area contributed by atoms with Crippen LogP contribution in [0.3, 0.4) is 0 Å². The van der Waals surface area contributed by atoms with Crippen molar-refractivity contribution in [1.82, 2.24) is 15.6 Å². The third-order valence-corrected chi connectivity index (χ3v) is 3.84. The summed E-state index contributed by atoms with van der Waals surface area (Å²) in [6.45, 7) is 0.984. The summed E-state index contributed by atoms with van der Waals surface area (Å²) in [4.78, 5) is 29.5. The Morgan fingerprint density at radius 1 is 1.30 bits per heavy atom. The molecule has 1 unspecified atom stereocenters. The van der Waals surface area contributed by atoms with Crippen molar-refractivity contribution in [2.24, 2.45) is 0 Å². The fourth-order valence-electron chi connectivity index (χ4n) is 2.78. The lowest BCUT2D eigenvalue weighted by Gasteiger charge is -2.19. The number of carbonyl (C=O) groups excluding carboxylic acids is 2. The van der Waals surface area contributed by atoms with Gasteiger partial charge in [-0.1, -0.05) is 12.1 Å². The Hall–Kier alpha value is -2.57. The van der Waals surface area contributed by atoms with Gasteiger partial charge in [-0.15, -0.1) is 0 Å². The van der Waals surface area contributed by atoms with E-state index in [0.29, 0.717) is 31.1 Å². The first-order valence-corrected chi connectivity index (χ1v) is 6.40. The molecule has 7 nitrogen and oxygen atoms in total. The molecule has 0 radical (unpaired) electrons. The van der Waals surface area contributed by atoms with Gasteiger partial charge in [0.25, 0.3) is 11.9 Å². The Bertz CT molecular complexity index is 692. The topological polar surface area (TPSA) is 87.5 Å². The highest BCUT2D eigenvalue weighted by atomic mass is 16.4. The number of carbonyl (C=O) groups is 2. The van der Waals surface area contributed by atoms with Crippen LogP contribution in [0.25, 0.3) is 11.1 Å². The molecular formula is C13H12N4O3. The summed E-state index contributed by atoms with van der Waals surface area (Å²) in [6, 6.07) is 7.55. The number of nitrogens with zero attached hydrogens (tertiary/aromatic N) is 2. The number of amides is 3. The smallest absolute Gasteiger partial charge is 0.322 e. The molecule has 0 bridgehead atoms. The molecule has 102 valence electrons. The average molecular weight is 272 g/mol. The number of hydrogen-bond acceptors (Lipinski definition) is 5. The van der Waals surface area contributed by atoms with Gasteiger partial charge in [0.2, 0.25) is 0 Å². The van der Waals surface area contributed by atoms with Crippen molar-refractivity contribution in [2.45, 2.75) is 12.0 Å². The molecule has 1 aromatic carbocycles. The monoisotopic (exact) mass is 272 g/mol. The Morgan fingerprint density at radius 3 is 2.90 bits per heavy atom. The molecule has 2 aliphatic rings. The molecule has 20 heavy (non-hydrogen) atoms. The summed E-state index contributed by atoms with van der Waals surface area (Å²) < 4.78 is 5.69. The van der Waals surface area contributed by atoms with Crippen LogP contribution in [0.15, 0.2) is 28.7 Å². The quantitative estimate of drug-likeness (QED) is 0.743. The maximum absolute atomic E-state index is 11.9. The number of hydrogen-bond donors (Lipinski definition) is 2. The van der Waals surface area contributed by atoms with Crippen LogP contribution in [-0.4, -0.2) is 35.6 Å². The molecule has 0 aliphatic carbocycles. The maximum Gasteiger partial charge on any atom is 0.322 e. The number of para-hydroxylation sites is 2. The first-order chi connectivity index (χ1) is 9.66. The van der Waals surface area contributed by atoms with Crippen LogP contribution < -0.4 is 15.5 Å². The van der Waals surface area contributed by atoms with Gasteiger partial charge in [0.05, 0.1) is 6.54 Å². The van der Waals surface area contributed by atoms with Crippen LogP contribution in [0.1, 0.15) is 6.42 Å². The second kappa shape index (κ2) is 3.72. The molecule has 3 heterocycles. The first-order valence-electron chi connectivity index (χ1n) is 6.40. The summed E-state index contributed by atoms with van der Waals surface area (Å²) in [6.07, 6.45) is 0.545. The molecule has 1 spiro atoms. The highest BCUT2D eigenvalue weighted by molar-refractivity contribution is 6.07. The van der Waals surface area contributed by atoms with Crippen LogP contribution in [-0.2, 0) is 4.79 Å². The van der Waals surface area contributed by atoms with Crippen molar-refractivity contribution in [3.63, 3.8) is 0 Å². The second-order valence-corrected chi connectivity index (χ2v) is 5.13. The van der Waals surface area contributed by atoms with Crippen molar-refractivity contribution in [3.8, 4) is 0 Å². The highest BCUT2D eigenvalue weighted by Gasteiger charge is 2.51. The zero-order valence-electron chi connectivity index (χ0n) is 10.5. The molecule has 2 saturated heterocycles. The Morgan fingerprint density at radius 2 is 2.15 bits per heavy atom. The molecular weight excluding hydrogens is 260 g/mol. The standard InChI is InChI=1S/C13H12N4O3/c18-10-13(16-11(19)15-10)5-6-17(7-13)12-14-8-3-1-2-4-9(8)20-12/h1-4H,5-7H2,(H2,15,16,18,19). The molecule has 4 rings (SSSR count). The van der Waals surface area contributed by atoms with Crippen LogP contribution in [0.2, 0.25) is 0 Å². The highest BCUT2D eigenvalue weighted by Crippen LogP contribution is 2.30. The van der Waals surface area contributed by atoms with Gasteiger partial charge in [-0.2, -0.15) is 4.98 Å². The summed E-state index contributed by atoms with van der Waals surface area (Å²) in [5, 5.41) is 4.98. The summed E-state index contributed by atoms with van der Waals surface area (Å²) in [5.74, 6) is -0.277. The number of urea groups is 1. The maximum atomic E-state index is 11.9. The summed E-state index contributed by atoms with van der Waals surface area (Å²) >= 11 is 0. The number of fused-ring (bicyclic) bond motifs is 1. The van der Waals surface area contributed by atoms with E-state index in [1.807, 2.05) is 29.2 Å². The molecule has 2 fully saturated rings. The lowest BCUT2D eigenvalue weighted by molar-refractivity contribution is -0.123. The predicted molar refractivity (Wildman–Crippen MR) is 70.2 cm³/mol. The van der Waals surface area contributed by atoms with Crippen LogP contribution in [0.5, 0.6) is 0 Å². The van der Waals surface area contributed by atoms with E-state index >= 15 is 0 Å². The van der Waals surface area contributed by atoms with Gasteiger partial charge in [-0.25, -0.2) is 4.79 Å². The van der Waals surface area contributed by atoms with E-state index < -0.39 is 11.6 Å². The van der Waals surface area contributed by atoms with E-state index in [4.69, 9.17) is 4.42 Å².